The number of likely N-dealkylation sites (N-methyl/N-ethyl adjacent to an activating group) is 1. The molecule has 6 nitrogen and oxygen atoms in total. The zero-order chi connectivity index (χ0) is 14.3. The lowest BCUT2D eigenvalue weighted by Gasteiger charge is -2.10. The number of carbonyl (C=O) groups is 1. The highest BCUT2D eigenvalue weighted by Crippen LogP contribution is 1.86. The normalized spacial score (nSPS) is 10.7. The quantitative estimate of drug-likeness (QED) is 0.456. The van der Waals surface area contributed by atoms with E-state index in [1.807, 2.05) is 0 Å². The zero-order valence-corrected chi connectivity index (χ0v) is 12.5. The summed E-state index contributed by atoms with van der Waals surface area (Å²) in [6, 6.07) is -0.140. The molecule has 19 heavy (non-hydrogen) atoms. The summed E-state index contributed by atoms with van der Waals surface area (Å²) in [5.74, 6) is 0.460. The van der Waals surface area contributed by atoms with Gasteiger partial charge >= 0.3 is 6.03 Å². The van der Waals surface area contributed by atoms with Gasteiger partial charge in [-0.3, -0.25) is 0 Å². The van der Waals surface area contributed by atoms with E-state index in [-0.39, 0.29) is 6.03 Å². The summed E-state index contributed by atoms with van der Waals surface area (Å²) in [4.78, 5) is 11.3. The molecule has 0 aliphatic carbocycles. The van der Waals surface area contributed by atoms with Crippen LogP contribution >= 0.6 is 0 Å². The average molecular weight is 275 g/mol. The fraction of sp³-hybridized carbons (Fsp3) is 0.923. The molecule has 0 radical (unpaired) electrons. The Balaban J connectivity index is 3.11. The van der Waals surface area contributed by atoms with E-state index in [2.05, 4.69) is 36.7 Å². The maximum absolute atomic E-state index is 11.3. The second-order valence-corrected chi connectivity index (χ2v) is 4.61. The summed E-state index contributed by atoms with van der Waals surface area (Å²) in [7, 11) is 0. The first-order chi connectivity index (χ1) is 9.16. The van der Waals surface area contributed by atoms with Crippen molar-refractivity contribution in [3.63, 3.8) is 0 Å². The number of hydrogen-bond donors (Lipinski definition) is 3. The van der Waals surface area contributed by atoms with E-state index in [9.17, 15) is 4.79 Å². The van der Waals surface area contributed by atoms with Crippen molar-refractivity contribution >= 4 is 6.03 Å². The minimum Gasteiger partial charge on any atom is -0.378 e. The fourth-order valence-corrected chi connectivity index (χ4v) is 1.24. The molecule has 2 amide bonds. The van der Waals surface area contributed by atoms with Gasteiger partial charge in [0.1, 0.15) is 0 Å². The van der Waals surface area contributed by atoms with Crippen LogP contribution < -0.4 is 16.0 Å². The predicted molar refractivity (Wildman–Crippen MR) is 76.4 cm³/mol. The van der Waals surface area contributed by atoms with E-state index in [4.69, 9.17) is 9.47 Å². The van der Waals surface area contributed by atoms with Gasteiger partial charge in [0.2, 0.25) is 0 Å². The largest absolute Gasteiger partial charge is 0.378 e. The molecule has 114 valence electrons. The van der Waals surface area contributed by atoms with Crippen LogP contribution in [0.2, 0.25) is 0 Å². The third-order valence-electron chi connectivity index (χ3n) is 2.25. The third kappa shape index (κ3) is 15.1. The molecule has 0 aromatic carbocycles. The number of amides is 2. The highest BCUT2D eigenvalue weighted by Gasteiger charge is 2.00. The van der Waals surface area contributed by atoms with Crippen LogP contribution in [-0.4, -0.2) is 58.6 Å². The van der Waals surface area contributed by atoms with Gasteiger partial charge in [0.05, 0.1) is 26.4 Å². The molecular weight excluding hydrogens is 246 g/mol. The Kier molecular flexibility index (Phi) is 13.0. The van der Waals surface area contributed by atoms with Crippen molar-refractivity contribution in [1.82, 2.24) is 16.0 Å². The van der Waals surface area contributed by atoms with Gasteiger partial charge in [-0.2, -0.15) is 0 Å². The van der Waals surface area contributed by atoms with Crippen LogP contribution in [0.4, 0.5) is 4.79 Å². The lowest BCUT2D eigenvalue weighted by molar-refractivity contribution is 0.0506. The smallest absolute Gasteiger partial charge is 0.314 e. The minimum atomic E-state index is -0.140. The van der Waals surface area contributed by atoms with Crippen molar-refractivity contribution in [2.45, 2.75) is 20.8 Å². The van der Waals surface area contributed by atoms with Crippen LogP contribution in [0.5, 0.6) is 0 Å². The Labute approximate surface area is 116 Å². The molecule has 0 aromatic heterocycles. The van der Waals surface area contributed by atoms with E-state index >= 15 is 0 Å². The summed E-state index contributed by atoms with van der Waals surface area (Å²) in [6.45, 7) is 11.6. The number of nitrogens with one attached hydrogen (secondary N) is 3. The highest BCUT2D eigenvalue weighted by molar-refractivity contribution is 5.73. The summed E-state index contributed by atoms with van der Waals surface area (Å²) in [5.41, 5.74) is 0. The molecule has 0 aliphatic rings. The van der Waals surface area contributed by atoms with Crippen LogP contribution in [-0.2, 0) is 9.47 Å². The van der Waals surface area contributed by atoms with E-state index in [0.717, 1.165) is 13.1 Å². The maximum atomic E-state index is 11.3. The Morgan fingerprint density at radius 1 is 1.00 bits per heavy atom. The third-order valence-corrected chi connectivity index (χ3v) is 2.25. The number of hydrogen-bond acceptors (Lipinski definition) is 4. The summed E-state index contributed by atoms with van der Waals surface area (Å²) < 4.78 is 10.7. The lowest BCUT2D eigenvalue weighted by atomic mass is 10.2. The van der Waals surface area contributed by atoms with Crippen molar-refractivity contribution < 1.29 is 14.3 Å². The highest BCUT2D eigenvalue weighted by atomic mass is 16.5. The van der Waals surface area contributed by atoms with E-state index in [1.165, 1.54) is 0 Å². The predicted octanol–water partition coefficient (Wildman–Crippen LogP) is 0.584. The number of ether oxygens (including phenoxy) is 2. The topological polar surface area (TPSA) is 71.6 Å². The molecule has 3 N–H and O–H groups in total. The van der Waals surface area contributed by atoms with E-state index in [0.29, 0.717) is 45.4 Å². The van der Waals surface area contributed by atoms with Gasteiger partial charge in [-0.15, -0.1) is 0 Å². The molecule has 0 aromatic rings. The molecule has 0 bridgehead atoms. The molecular formula is C13H29N3O3. The first-order valence-corrected chi connectivity index (χ1v) is 7.04. The molecule has 0 rings (SSSR count). The van der Waals surface area contributed by atoms with Crippen molar-refractivity contribution in [3.8, 4) is 0 Å². The summed E-state index contributed by atoms with van der Waals surface area (Å²) >= 11 is 0. The van der Waals surface area contributed by atoms with E-state index in [1.54, 1.807) is 0 Å². The first-order valence-electron chi connectivity index (χ1n) is 7.04. The molecule has 0 aliphatic heterocycles. The standard InChI is InChI=1S/C13H29N3O3/c1-4-14-5-7-18-9-10-19-8-6-15-13(17)16-11-12(2)3/h12,14H,4-11H2,1-3H3,(H2,15,16,17). The second kappa shape index (κ2) is 13.6. The summed E-state index contributed by atoms with van der Waals surface area (Å²) in [6.07, 6.45) is 0. The van der Waals surface area contributed by atoms with Gasteiger partial charge in [0, 0.05) is 19.6 Å². The van der Waals surface area contributed by atoms with E-state index < -0.39 is 0 Å². The lowest BCUT2D eigenvalue weighted by Crippen LogP contribution is -2.39. The fourth-order valence-electron chi connectivity index (χ4n) is 1.24. The number of urea groups is 1. The molecule has 0 unspecified atom stereocenters. The van der Waals surface area contributed by atoms with Gasteiger partial charge in [0.25, 0.3) is 0 Å². The van der Waals surface area contributed by atoms with Crippen LogP contribution in [0, 0.1) is 5.92 Å². The Morgan fingerprint density at radius 3 is 2.21 bits per heavy atom. The van der Waals surface area contributed by atoms with Crippen LogP contribution in [0.15, 0.2) is 0 Å². The van der Waals surface area contributed by atoms with Gasteiger partial charge in [0.15, 0.2) is 0 Å². The Hall–Kier alpha value is -0.850. The molecule has 0 heterocycles. The molecule has 0 atom stereocenters. The Morgan fingerprint density at radius 2 is 1.63 bits per heavy atom. The van der Waals surface area contributed by atoms with Gasteiger partial charge < -0.3 is 25.4 Å². The van der Waals surface area contributed by atoms with Gasteiger partial charge in [-0.05, 0) is 12.5 Å². The van der Waals surface area contributed by atoms with Gasteiger partial charge in [-0.1, -0.05) is 20.8 Å². The second-order valence-electron chi connectivity index (χ2n) is 4.61. The SMILES string of the molecule is CCNCCOCCOCCNC(=O)NCC(C)C. The Bertz CT molecular complexity index is 213. The summed E-state index contributed by atoms with van der Waals surface area (Å²) in [5, 5.41) is 8.68. The van der Waals surface area contributed by atoms with Crippen LogP contribution in [0.25, 0.3) is 0 Å². The molecule has 0 fully saturated rings. The minimum absolute atomic E-state index is 0.140. The van der Waals surface area contributed by atoms with Gasteiger partial charge in [-0.25, -0.2) is 4.79 Å². The van der Waals surface area contributed by atoms with Crippen LogP contribution in [0.3, 0.4) is 0 Å². The number of rotatable bonds is 12. The van der Waals surface area contributed by atoms with Crippen molar-refractivity contribution in [1.29, 1.82) is 0 Å². The molecule has 0 saturated carbocycles. The van der Waals surface area contributed by atoms with Crippen LogP contribution in [0.1, 0.15) is 20.8 Å². The average Bonchev–Trinajstić information content (AvgIpc) is 2.38. The molecule has 0 saturated heterocycles. The maximum Gasteiger partial charge on any atom is 0.314 e. The zero-order valence-electron chi connectivity index (χ0n) is 12.5. The molecule has 0 spiro atoms. The first kappa shape index (κ1) is 18.1. The number of carbonyl (C=O) groups excluding carboxylic acids is 1. The van der Waals surface area contributed by atoms with Crippen molar-refractivity contribution in [2.24, 2.45) is 5.92 Å². The molecule has 6 heteroatoms. The van der Waals surface area contributed by atoms with Crippen molar-refractivity contribution in [2.75, 3.05) is 52.6 Å². The van der Waals surface area contributed by atoms with Crippen molar-refractivity contribution in [3.05, 3.63) is 0 Å². The monoisotopic (exact) mass is 275 g/mol.